The lowest BCUT2D eigenvalue weighted by molar-refractivity contribution is -0.769. The summed E-state index contributed by atoms with van der Waals surface area (Å²) in [7, 11) is 0. The zero-order chi connectivity index (χ0) is 16.1. The van der Waals surface area contributed by atoms with E-state index in [0.717, 1.165) is 0 Å². The van der Waals surface area contributed by atoms with Crippen molar-refractivity contribution in [2.24, 2.45) is 5.16 Å². The molecule has 0 radical (unpaired) electrons. The van der Waals surface area contributed by atoms with Crippen LogP contribution in [0, 0.1) is 10.1 Å². The second-order valence-electron chi connectivity index (χ2n) is 5.49. The maximum absolute atomic E-state index is 10.4. The fraction of sp³-hybridized carbons (Fsp3) is 0.917. The molecule has 126 valence electrons. The molecule has 0 saturated carbocycles. The Kier molecular flexibility index (Phi) is 5.89. The number of oxime groups is 1. The zero-order valence-electron chi connectivity index (χ0n) is 12.5. The molecular weight excluding hydrogens is 298 g/mol. The van der Waals surface area contributed by atoms with E-state index >= 15 is 0 Å². The van der Waals surface area contributed by atoms with Crippen molar-refractivity contribution in [2.75, 3.05) is 26.4 Å². The highest BCUT2D eigenvalue weighted by molar-refractivity contribution is 5.92. The molecule has 2 rings (SSSR count). The number of nitrogens with one attached hydrogen (secondary N) is 1. The average Bonchev–Trinajstić information content (AvgIpc) is 3.00. The highest BCUT2D eigenvalue weighted by atomic mass is 17.0. The summed E-state index contributed by atoms with van der Waals surface area (Å²) in [4.78, 5) is 20.0. The third kappa shape index (κ3) is 4.50. The number of ether oxygens (including phenoxy) is 2. The Bertz CT molecular complexity index is 418. The lowest BCUT2D eigenvalue weighted by atomic mass is 10.1. The van der Waals surface area contributed by atoms with Crippen molar-refractivity contribution in [3.8, 4) is 0 Å². The van der Waals surface area contributed by atoms with Gasteiger partial charge in [-0.25, -0.2) is 0 Å². The highest BCUT2D eigenvalue weighted by Gasteiger charge is 2.48. The minimum absolute atomic E-state index is 0.0371. The molecule has 2 saturated heterocycles. The lowest BCUT2D eigenvalue weighted by Gasteiger charge is -2.13. The number of hydrogen-bond donors (Lipinski definition) is 2. The molecule has 2 aliphatic rings. The minimum atomic E-state index is -0.858. The summed E-state index contributed by atoms with van der Waals surface area (Å²) in [5.41, 5.74) is 0.503. The van der Waals surface area contributed by atoms with E-state index in [0.29, 0.717) is 12.3 Å². The Hall–Kier alpha value is -1.49. The van der Waals surface area contributed by atoms with Crippen LogP contribution in [0.2, 0.25) is 0 Å². The number of aliphatic hydroxyl groups is 1. The molecule has 10 heteroatoms. The first kappa shape index (κ1) is 16.9. The second-order valence-corrected chi connectivity index (χ2v) is 5.49. The molecule has 2 fully saturated rings. The normalized spacial score (nSPS) is 30.5. The van der Waals surface area contributed by atoms with Crippen molar-refractivity contribution >= 4 is 5.71 Å². The first-order valence-electron chi connectivity index (χ1n) is 7.12. The Morgan fingerprint density at radius 3 is 3.00 bits per heavy atom. The van der Waals surface area contributed by atoms with Gasteiger partial charge in [-0.3, -0.25) is 0 Å². The van der Waals surface area contributed by atoms with Gasteiger partial charge in [0.05, 0.1) is 13.2 Å². The van der Waals surface area contributed by atoms with Crippen molar-refractivity contribution in [3.05, 3.63) is 10.1 Å². The summed E-state index contributed by atoms with van der Waals surface area (Å²) >= 11 is 0. The largest absolute Gasteiger partial charge is 0.393 e. The van der Waals surface area contributed by atoms with E-state index in [1.54, 1.807) is 0 Å². The molecule has 2 aliphatic heterocycles. The summed E-state index contributed by atoms with van der Waals surface area (Å²) in [6, 6.07) is 0.273. The number of fused-ring (bicyclic) bond motifs is 1. The second kappa shape index (κ2) is 7.68. The third-order valence-corrected chi connectivity index (χ3v) is 3.29. The van der Waals surface area contributed by atoms with Crippen LogP contribution in [-0.2, 0) is 19.1 Å². The van der Waals surface area contributed by atoms with E-state index in [9.17, 15) is 15.2 Å². The number of hydrogen-bond acceptors (Lipinski definition) is 9. The quantitative estimate of drug-likeness (QED) is 0.435. The summed E-state index contributed by atoms with van der Waals surface area (Å²) in [6.07, 6.45) is -2.50. The van der Waals surface area contributed by atoms with E-state index < -0.39 is 29.5 Å². The Balaban J connectivity index is 1.76. The average molecular weight is 319 g/mol. The van der Waals surface area contributed by atoms with Gasteiger partial charge >= 0.3 is 0 Å². The number of aliphatic hydroxyl groups excluding tert-OH is 1. The van der Waals surface area contributed by atoms with Crippen LogP contribution in [-0.4, -0.2) is 72.7 Å². The molecular formula is C12H21N3O7. The molecule has 2 heterocycles. The molecule has 0 amide bonds. The van der Waals surface area contributed by atoms with Crippen molar-refractivity contribution < 1.29 is 29.3 Å². The summed E-state index contributed by atoms with van der Waals surface area (Å²) < 4.78 is 10.8. The fourth-order valence-electron chi connectivity index (χ4n) is 2.24. The van der Waals surface area contributed by atoms with Crippen molar-refractivity contribution in [3.63, 3.8) is 0 Å². The smallest absolute Gasteiger partial charge is 0.294 e. The molecule has 2 N–H and O–H groups in total. The molecule has 0 aliphatic carbocycles. The van der Waals surface area contributed by atoms with E-state index in [4.69, 9.17) is 14.3 Å². The van der Waals surface area contributed by atoms with Crippen molar-refractivity contribution in [1.29, 1.82) is 0 Å². The van der Waals surface area contributed by atoms with Crippen molar-refractivity contribution in [2.45, 2.75) is 44.3 Å². The van der Waals surface area contributed by atoms with E-state index in [1.165, 1.54) is 0 Å². The molecule has 0 aromatic rings. The molecule has 4 atom stereocenters. The van der Waals surface area contributed by atoms with E-state index in [-0.39, 0.29) is 25.9 Å². The first-order valence-corrected chi connectivity index (χ1v) is 7.12. The SMILES string of the molecule is CC(C)NCC(O)CON=C1COC2C(O[N+](=O)[O-])COC12. The summed E-state index contributed by atoms with van der Waals surface area (Å²) in [5.74, 6) is 0. The zero-order valence-corrected chi connectivity index (χ0v) is 12.5. The minimum Gasteiger partial charge on any atom is -0.393 e. The van der Waals surface area contributed by atoms with E-state index in [2.05, 4.69) is 15.3 Å². The third-order valence-electron chi connectivity index (χ3n) is 3.29. The summed E-state index contributed by atoms with van der Waals surface area (Å²) in [6.45, 7) is 4.62. The molecule has 10 nitrogen and oxygen atoms in total. The van der Waals surface area contributed by atoms with Crippen LogP contribution in [0.4, 0.5) is 0 Å². The van der Waals surface area contributed by atoms with Crippen molar-refractivity contribution in [1.82, 2.24) is 5.32 Å². The van der Waals surface area contributed by atoms with Gasteiger partial charge in [-0.1, -0.05) is 19.0 Å². The van der Waals surface area contributed by atoms with Gasteiger partial charge in [0, 0.05) is 12.6 Å². The van der Waals surface area contributed by atoms with Crippen LogP contribution < -0.4 is 5.32 Å². The molecule has 0 spiro atoms. The van der Waals surface area contributed by atoms with Gasteiger partial charge < -0.3 is 29.6 Å². The van der Waals surface area contributed by atoms with Crippen LogP contribution in [0.25, 0.3) is 0 Å². The standard InChI is InChI=1S/C12H21N3O7/c1-7(2)13-3-8(16)4-21-14-9-5-19-12-10(22-15(17)18)6-20-11(9)12/h7-8,10-13,16H,3-6H2,1-2H3. The molecule has 0 aromatic heterocycles. The van der Waals surface area contributed by atoms with Gasteiger partial charge in [-0.2, -0.15) is 0 Å². The first-order chi connectivity index (χ1) is 10.5. The predicted octanol–water partition coefficient (Wildman–Crippen LogP) is -0.908. The Morgan fingerprint density at radius 2 is 2.32 bits per heavy atom. The number of rotatable bonds is 8. The number of nitrogens with zero attached hydrogens (tertiary/aromatic N) is 2. The Labute approximate surface area is 127 Å². The Morgan fingerprint density at radius 1 is 1.55 bits per heavy atom. The highest BCUT2D eigenvalue weighted by Crippen LogP contribution is 2.27. The predicted molar refractivity (Wildman–Crippen MR) is 73.9 cm³/mol. The van der Waals surface area contributed by atoms with E-state index in [1.807, 2.05) is 13.8 Å². The van der Waals surface area contributed by atoms with Crippen LogP contribution in [0.3, 0.4) is 0 Å². The fourth-order valence-corrected chi connectivity index (χ4v) is 2.24. The van der Waals surface area contributed by atoms with Gasteiger partial charge in [0.25, 0.3) is 5.09 Å². The molecule has 0 aromatic carbocycles. The van der Waals surface area contributed by atoms with Gasteiger partial charge in [-0.05, 0) is 0 Å². The molecule has 4 unspecified atom stereocenters. The van der Waals surface area contributed by atoms with Crippen LogP contribution >= 0.6 is 0 Å². The molecule has 22 heavy (non-hydrogen) atoms. The maximum atomic E-state index is 10.4. The van der Waals surface area contributed by atoms with Crippen LogP contribution in [0.5, 0.6) is 0 Å². The van der Waals surface area contributed by atoms with Crippen LogP contribution in [0.15, 0.2) is 5.16 Å². The summed E-state index contributed by atoms with van der Waals surface area (Å²) in [5, 5.41) is 26.2. The lowest BCUT2D eigenvalue weighted by Crippen LogP contribution is -2.34. The van der Waals surface area contributed by atoms with Gasteiger partial charge in [-0.15, -0.1) is 10.1 Å². The topological polar surface area (TPSA) is 125 Å². The van der Waals surface area contributed by atoms with Gasteiger partial charge in [0.2, 0.25) is 0 Å². The maximum Gasteiger partial charge on any atom is 0.294 e. The molecule has 0 bridgehead atoms. The van der Waals surface area contributed by atoms with Crippen LogP contribution in [0.1, 0.15) is 13.8 Å². The van der Waals surface area contributed by atoms with Gasteiger partial charge in [0.15, 0.2) is 6.10 Å². The van der Waals surface area contributed by atoms with Gasteiger partial charge in [0.1, 0.15) is 30.6 Å². The monoisotopic (exact) mass is 319 g/mol.